The van der Waals surface area contributed by atoms with Gasteiger partial charge in [-0.15, -0.1) is 0 Å². The van der Waals surface area contributed by atoms with Crippen LogP contribution < -0.4 is 29.1 Å². The minimum atomic E-state index is -0.0115. The largest absolute Gasteiger partial charge is 0.497 e. The zero-order chi connectivity index (χ0) is 49.2. The monoisotopic (exact) mass is 942 g/mol. The second-order valence-corrected chi connectivity index (χ2v) is 17.2. The number of ether oxygens (including phenoxy) is 2. The molecule has 10 aromatic rings. The molecule has 72 heavy (non-hydrogen) atoms. The molecular formula is C64H54N4O4. The number of methoxy groups -OCH3 is 2. The van der Waals surface area contributed by atoms with Gasteiger partial charge in [-0.1, -0.05) is 84.9 Å². The van der Waals surface area contributed by atoms with E-state index in [1.54, 1.807) is 14.2 Å². The minimum absolute atomic E-state index is 0.0115. The molecular weight excluding hydrogens is 889 g/mol. The first-order valence-corrected chi connectivity index (χ1v) is 23.9. The van der Waals surface area contributed by atoms with Crippen molar-refractivity contribution in [2.45, 2.75) is 13.2 Å². The summed E-state index contributed by atoms with van der Waals surface area (Å²) >= 11 is 0. The molecule has 0 fully saturated rings. The van der Waals surface area contributed by atoms with Crippen molar-refractivity contribution in [1.82, 2.24) is 0 Å². The number of anilines is 12. The first-order chi connectivity index (χ1) is 35.5. The molecule has 10 rings (SSSR count). The van der Waals surface area contributed by atoms with Gasteiger partial charge < -0.3 is 39.3 Å². The van der Waals surface area contributed by atoms with Crippen LogP contribution >= 0.6 is 0 Å². The third-order valence-electron chi connectivity index (χ3n) is 12.8. The Kier molecular flexibility index (Phi) is 14.1. The van der Waals surface area contributed by atoms with E-state index >= 15 is 0 Å². The van der Waals surface area contributed by atoms with E-state index in [-0.39, 0.29) is 13.2 Å². The molecule has 0 aliphatic heterocycles. The number of aliphatic hydroxyl groups is 2. The van der Waals surface area contributed by atoms with Gasteiger partial charge in [-0.25, -0.2) is 0 Å². The van der Waals surface area contributed by atoms with Crippen LogP contribution in [0, 0.1) is 0 Å². The molecule has 8 heteroatoms. The smallest absolute Gasteiger partial charge is 0.119 e. The van der Waals surface area contributed by atoms with Gasteiger partial charge in [-0.2, -0.15) is 0 Å². The van der Waals surface area contributed by atoms with Crippen LogP contribution in [0.4, 0.5) is 68.2 Å². The second-order valence-electron chi connectivity index (χ2n) is 17.2. The van der Waals surface area contributed by atoms with E-state index in [1.807, 2.05) is 84.9 Å². The van der Waals surface area contributed by atoms with Crippen LogP contribution in [0.5, 0.6) is 11.5 Å². The molecule has 0 bridgehead atoms. The Morgan fingerprint density at radius 3 is 0.667 bits per heavy atom. The number of para-hydroxylation sites is 2. The molecule has 0 aromatic heterocycles. The first kappa shape index (κ1) is 46.6. The molecule has 0 unspecified atom stereocenters. The van der Waals surface area contributed by atoms with Crippen molar-refractivity contribution in [3.63, 3.8) is 0 Å². The van der Waals surface area contributed by atoms with Gasteiger partial charge >= 0.3 is 0 Å². The molecule has 2 N–H and O–H groups in total. The molecule has 0 aliphatic rings. The summed E-state index contributed by atoms with van der Waals surface area (Å²) in [5, 5.41) is 19.5. The van der Waals surface area contributed by atoms with Crippen molar-refractivity contribution >= 4 is 68.2 Å². The predicted octanol–water partition coefficient (Wildman–Crippen LogP) is 16.2. The zero-order valence-electron chi connectivity index (χ0n) is 40.2. The van der Waals surface area contributed by atoms with Crippen molar-refractivity contribution in [3.05, 3.63) is 266 Å². The van der Waals surface area contributed by atoms with Gasteiger partial charge in [0.15, 0.2) is 0 Å². The lowest BCUT2D eigenvalue weighted by Gasteiger charge is -2.29. The lowest BCUT2D eigenvalue weighted by Crippen LogP contribution is -2.12. The van der Waals surface area contributed by atoms with Gasteiger partial charge in [0.2, 0.25) is 0 Å². The highest BCUT2D eigenvalue weighted by Crippen LogP contribution is 2.42. The van der Waals surface area contributed by atoms with E-state index in [0.717, 1.165) is 102 Å². The number of rotatable bonds is 17. The molecule has 0 atom stereocenters. The fourth-order valence-electron chi connectivity index (χ4n) is 9.01. The average molecular weight is 943 g/mol. The normalized spacial score (nSPS) is 10.9. The molecule has 0 amide bonds. The third-order valence-corrected chi connectivity index (χ3v) is 12.8. The summed E-state index contributed by atoms with van der Waals surface area (Å²) in [6, 6.07) is 87.7. The Balaban J connectivity index is 0.928. The summed E-state index contributed by atoms with van der Waals surface area (Å²) in [5.74, 6) is 1.58. The Morgan fingerprint density at radius 1 is 0.250 bits per heavy atom. The lowest BCUT2D eigenvalue weighted by molar-refractivity contribution is 0.281. The number of aliphatic hydroxyl groups excluding tert-OH is 2. The lowest BCUT2D eigenvalue weighted by atomic mass is 10.0. The van der Waals surface area contributed by atoms with Crippen LogP contribution in [0.1, 0.15) is 11.1 Å². The molecule has 0 spiro atoms. The molecule has 0 saturated carbocycles. The van der Waals surface area contributed by atoms with E-state index in [1.165, 1.54) is 0 Å². The summed E-state index contributed by atoms with van der Waals surface area (Å²) in [5.41, 5.74) is 16.1. The average Bonchev–Trinajstić information content (AvgIpc) is 3.46. The Labute approximate surface area is 421 Å². The quantitative estimate of drug-likeness (QED) is 0.0936. The zero-order valence-corrected chi connectivity index (χ0v) is 40.2. The van der Waals surface area contributed by atoms with E-state index in [4.69, 9.17) is 9.47 Å². The summed E-state index contributed by atoms with van der Waals surface area (Å²) < 4.78 is 10.9. The number of hydrogen-bond acceptors (Lipinski definition) is 8. The molecule has 0 aliphatic carbocycles. The number of nitrogens with zero attached hydrogens (tertiary/aromatic N) is 4. The number of hydrogen-bond donors (Lipinski definition) is 2. The van der Waals surface area contributed by atoms with Gasteiger partial charge in [0.05, 0.1) is 27.4 Å². The Hall–Kier alpha value is -9.08. The van der Waals surface area contributed by atoms with E-state index in [9.17, 15) is 10.2 Å². The highest BCUT2D eigenvalue weighted by atomic mass is 16.5. The second kappa shape index (κ2) is 21.7. The maximum Gasteiger partial charge on any atom is 0.119 e. The van der Waals surface area contributed by atoms with Crippen LogP contribution in [-0.2, 0) is 13.2 Å². The van der Waals surface area contributed by atoms with Crippen LogP contribution in [-0.4, -0.2) is 24.4 Å². The summed E-state index contributed by atoms with van der Waals surface area (Å²) in [7, 11) is 3.35. The van der Waals surface area contributed by atoms with Crippen molar-refractivity contribution < 1.29 is 19.7 Å². The summed E-state index contributed by atoms with van der Waals surface area (Å²) in [6.07, 6.45) is 0. The van der Waals surface area contributed by atoms with Crippen LogP contribution in [0.3, 0.4) is 0 Å². The molecule has 0 radical (unpaired) electrons. The van der Waals surface area contributed by atoms with Crippen LogP contribution in [0.15, 0.2) is 255 Å². The highest BCUT2D eigenvalue weighted by molar-refractivity contribution is 5.84. The van der Waals surface area contributed by atoms with Gasteiger partial charge in [0.1, 0.15) is 11.5 Å². The minimum Gasteiger partial charge on any atom is -0.497 e. The molecule has 0 heterocycles. The standard InChI is InChI=1S/C64H54N4O4/c1-71-63-41-37-61(38-42-63)67(53-21-13-47(45-69)14-22-53)59-33-29-57(30-34-59)65(51-9-5-3-6-10-51)55-25-17-49(18-26-55)50-19-27-56(28-20-50)66(52-11-7-4-8-12-52)58-31-35-60(36-32-58)68(54-23-15-48(46-70)16-24-54)62-39-43-64(72-2)44-40-62/h3-44,69-70H,45-46H2,1-2H3. The van der Waals surface area contributed by atoms with E-state index in [2.05, 4.69) is 189 Å². The number of benzene rings is 10. The summed E-state index contributed by atoms with van der Waals surface area (Å²) in [4.78, 5) is 8.95. The van der Waals surface area contributed by atoms with Gasteiger partial charge in [0.25, 0.3) is 0 Å². The third kappa shape index (κ3) is 10.1. The topological polar surface area (TPSA) is 71.9 Å². The molecule has 354 valence electrons. The highest BCUT2D eigenvalue weighted by Gasteiger charge is 2.19. The van der Waals surface area contributed by atoms with Crippen LogP contribution in [0.2, 0.25) is 0 Å². The Bertz CT molecular complexity index is 2960. The van der Waals surface area contributed by atoms with Crippen molar-refractivity contribution in [3.8, 4) is 22.6 Å². The fraction of sp³-hybridized carbons (Fsp3) is 0.0625. The van der Waals surface area contributed by atoms with Crippen molar-refractivity contribution in [1.29, 1.82) is 0 Å². The van der Waals surface area contributed by atoms with Crippen molar-refractivity contribution in [2.75, 3.05) is 33.8 Å². The predicted molar refractivity (Wildman–Crippen MR) is 296 cm³/mol. The van der Waals surface area contributed by atoms with Gasteiger partial charge in [0, 0.05) is 68.2 Å². The fourth-order valence-corrected chi connectivity index (χ4v) is 9.01. The van der Waals surface area contributed by atoms with Gasteiger partial charge in [-0.05, 0) is 192 Å². The maximum absolute atomic E-state index is 9.75. The molecule has 10 aromatic carbocycles. The van der Waals surface area contributed by atoms with Crippen LogP contribution in [0.25, 0.3) is 11.1 Å². The Morgan fingerprint density at radius 2 is 0.444 bits per heavy atom. The first-order valence-electron chi connectivity index (χ1n) is 23.9. The van der Waals surface area contributed by atoms with Gasteiger partial charge in [-0.3, -0.25) is 0 Å². The van der Waals surface area contributed by atoms with E-state index < -0.39 is 0 Å². The molecule has 8 nitrogen and oxygen atoms in total. The summed E-state index contributed by atoms with van der Waals surface area (Å²) in [6.45, 7) is -0.0230. The van der Waals surface area contributed by atoms with E-state index in [0.29, 0.717) is 0 Å². The SMILES string of the molecule is COc1ccc(N(c2ccc(CO)cc2)c2ccc(N(c3ccccc3)c3ccc(-c4ccc(N(c5ccccc5)c5ccc(N(c6ccc(CO)cc6)c6ccc(OC)cc6)cc5)cc4)cc3)cc2)cc1. The van der Waals surface area contributed by atoms with Crippen molar-refractivity contribution in [2.24, 2.45) is 0 Å². The molecule has 0 saturated heterocycles. The maximum atomic E-state index is 9.75.